The van der Waals surface area contributed by atoms with Gasteiger partial charge in [-0.15, -0.1) is 57.6 Å². The Morgan fingerprint density at radius 2 is 1.57 bits per heavy atom. The predicted molar refractivity (Wildman–Crippen MR) is 176 cm³/mol. The molecule has 0 fully saturated rings. The summed E-state index contributed by atoms with van der Waals surface area (Å²) in [7, 11) is 0. The Morgan fingerprint density at radius 3 is 2.12 bits per heavy atom. The summed E-state index contributed by atoms with van der Waals surface area (Å²) < 4.78 is 2.43. The zero-order valence-electron chi connectivity index (χ0n) is 26.8. The number of aromatic nitrogens is 3. The molecule has 0 spiro atoms. The van der Waals surface area contributed by atoms with Crippen LogP contribution in [0.4, 0.5) is 0 Å². The number of ketones is 1. The van der Waals surface area contributed by atoms with Gasteiger partial charge in [-0.05, 0) is 38.0 Å². The number of aliphatic hydroxyl groups excluding tert-OH is 1. The van der Waals surface area contributed by atoms with E-state index in [0.29, 0.717) is 0 Å². The number of thiophene rings is 1. The Morgan fingerprint density at radius 1 is 0.952 bits per heavy atom. The van der Waals surface area contributed by atoms with Crippen LogP contribution in [-0.4, -0.2) is 26.1 Å². The molecule has 0 unspecified atom stereocenters. The standard InChI is InChI=1S/C21H22N3S2.C13H24O2.Ir/c1-11-7-12(2)9-14(8-11)17-18-16(13(3)23-24-17)19-20(26-18)22-15(25-19)10-21(4,5)6;1-5-10(6-2)12(14)9-13(15)11(7-3)8-4;/h7-8H,10H2,1-6H3;9-11,14H,5-8H2,1-4H3;/q-1;;/b;12-9-;. The molecule has 1 radical (unpaired) electrons. The van der Waals surface area contributed by atoms with Crippen LogP contribution in [0.3, 0.4) is 0 Å². The fourth-order valence-corrected chi connectivity index (χ4v) is 7.93. The van der Waals surface area contributed by atoms with E-state index >= 15 is 0 Å². The van der Waals surface area contributed by atoms with Crippen molar-refractivity contribution >= 4 is 48.1 Å². The van der Waals surface area contributed by atoms with Gasteiger partial charge in [-0.2, -0.15) is 10.2 Å². The number of thiazole rings is 1. The maximum absolute atomic E-state index is 11.7. The molecule has 4 aromatic rings. The van der Waals surface area contributed by atoms with Crippen LogP contribution in [0.2, 0.25) is 0 Å². The number of aliphatic hydroxyl groups is 1. The summed E-state index contributed by atoms with van der Waals surface area (Å²) in [5.41, 5.74) is 5.50. The van der Waals surface area contributed by atoms with Crippen molar-refractivity contribution in [1.82, 2.24) is 15.2 Å². The van der Waals surface area contributed by atoms with E-state index in [2.05, 4.69) is 63.0 Å². The van der Waals surface area contributed by atoms with Gasteiger partial charge < -0.3 is 5.11 Å². The predicted octanol–water partition coefficient (Wildman–Crippen LogP) is 10.1. The van der Waals surface area contributed by atoms with Gasteiger partial charge in [-0.1, -0.05) is 62.3 Å². The quantitative estimate of drug-likeness (QED) is 0.104. The molecule has 0 saturated carbocycles. The number of aryl methyl sites for hydroxylation is 3. The minimum Gasteiger partial charge on any atom is -0.512 e. The van der Waals surface area contributed by atoms with Crippen LogP contribution in [0.15, 0.2) is 24.0 Å². The average Bonchev–Trinajstić information content (AvgIpc) is 3.42. The minimum atomic E-state index is 0. The largest absolute Gasteiger partial charge is 0.512 e. The molecule has 5 nitrogen and oxygen atoms in total. The number of fused-ring (bicyclic) bond motifs is 3. The van der Waals surface area contributed by atoms with E-state index in [-0.39, 0.29) is 48.9 Å². The second kappa shape index (κ2) is 15.6. The Labute approximate surface area is 273 Å². The zero-order chi connectivity index (χ0) is 30.5. The summed E-state index contributed by atoms with van der Waals surface area (Å²) in [6.07, 6.45) is 5.90. The van der Waals surface area contributed by atoms with Crippen LogP contribution < -0.4 is 0 Å². The maximum atomic E-state index is 11.7. The van der Waals surface area contributed by atoms with Crippen molar-refractivity contribution in [2.75, 3.05) is 0 Å². The molecule has 0 aliphatic heterocycles. The van der Waals surface area contributed by atoms with Crippen LogP contribution in [0, 0.1) is 44.1 Å². The van der Waals surface area contributed by atoms with E-state index in [0.717, 1.165) is 59.4 Å². The molecule has 4 rings (SSSR count). The minimum absolute atomic E-state index is 0. The van der Waals surface area contributed by atoms with Crippen molar-refractivity contribution in [2.45, 2.75) is 101 Å². The summed E-state index contributed by atoms with van der Waals surface area (Å²) >= 11 is 3.54. The van der Waals surface area contributed by atoms with E-state index in [1.807, 2.05) is 34.6 Å². The molecule has 0 atom stereocenters. The van der Waals surface area contributed by atoms with Gasteiger partial charge in [0.15, 0.2) is 5.78 Å². The Balaban J connectivity index is 0.000000334. The molecule has 42 heavy (non-hydrogen) atoms. The number of nitrogens with zero attached hydrogens (tertiary/aromatic N) is 3. The number of carbonyl (C=O) groups excluding carboxylic acids is 1. The third kappa shape index (κ3) is 9.01. The molecular formula is C34H46IrN3O2S2-. The number of allylic oxidation sites excluding steroid dienone is 2. The van der Waals surface area contributed by atoms with Crippen LogP contribution in [0.5, 0.6) is 0 Å². The molecule has 0 aliphatic carbocycles. The van der Waals surface area contributed by atoms with Gasteiger partial charge in [-0.25, -0.2) is 4.98 Å². The first-order valence-electron chi connectivity index (χ1n) is 14.8. The van der Waals surface area contributed by atoms with E-state index in [9.17, 15) is 9.90 Å². The molecule has 0 saturated heterocycles. The van der Waals surface area contributed by atoms with Crippen LogP contribution in [-0.2, 0) is 31.3 Å². The van der Waals surface area contributed by atoms with E-state index < -0.39 is 0 Å². The number of carbonyl (C=O) groups is 1. The Kier molecular flexibility index (Phi) is 13.5. The fourth-order valence-electron chi connectivity index (χ4n) is 5.05. The Hall–Kier alpha value is -1.99. The average molecular weight is 785 g/mol. The number of hydrogen-bond acceptors (Lipinski definition) is 7. The molecule has 1 aromatic carbocycles. The van der Waals surface area contributed by atoms with Gasteiger partial charge in [0.05, 0.1) is 21.2 Å². The van der Waals surface area contributed by atoms with Crippen molar-refractivity contribution in [2.24, 2.45) is 17.3 Å². The van der Waals surface area contributed by atoms with Gasteiger partial charge in [-0.3, -0.25) is 4.79 Å². The molecule has 0 bridgehead atoms. The number of benzene rings is 1. The smallest absolute Gasteiger partial charge is 0.162 e. The van der Waals surface area contributed by atoms with E-state index in [1.54, 1.807) is 22.7 Å². The van der Waals surface area contributed by atoms with Crippen molar-refractivity contribution in [3.8, 4) is 11.3 Å². The number of hydrogen-bond donors (Lipinski definition) is 1. The molecule has 231 valence electrons. The molecule has 3 aromatic heterocycles. The van der Waals surface area contributed by atoms with Gasteiger partial charge in [0.1, 0.15) is 4.83 Å². The first-order chi connectivity index (χ1) is 19.3. The zero-order valence-corrected chi connectivity index (χ0v) is 30.8. The monoisotopic (exact) mass is 785 g/mol. The summed E-state index contributed by atoms with van der Waals surface area (Å²) in [6, 6.07) is 7.71. The van der Waals surface area contributed by atoms with Crippen molar-refractivity contribution in [3.05, 3.63) is 51.9 Å². The van der Waals surface area contributed by atoms with Crippen molar-refractivity contribution in [1.29, 1.82) is 0 Å². The van der Waals surface area contributed by atoms with Crippen molar-refractivity contribution in [3.63, 3.8) is 0 Å². The second-order valence-corrected chi connectivity index (χ2v) is 14.3. The van der Waals surface area contributed by atoms with E-state index in [1.165, 1.54) is 31.4 Å². The fraction of sp³-hybridized carbons (Fsp3) is 0.529. The topological polar surface area (TPSA) is 76.0 Å². The van der Waals surface area contributed by atoms with Gasteiger partial charge in [0.2, 0.25) is 0 Å². The van der Waals surface area contributed by atoms with Gasteiger partial charge in [0, 0.05) is 60.2 Å². The number of rotatable bonds is 9. The van der Waals surface area contributed by atoms with Crippen LogP contribution in [0.25, 0.3) is 30.9 Å². The third-order valence-corrected chi connectivity index (χ3v) is 9.63. The summed E-state index contributed by atoms with van der Waals surface area (Å²) in [6.45, 7) is 21.1. The summed E-state index contributed by atoms with van der Waals surface area (Å²) in [5, 5.41) is 21.2. The SMILES string of the molecule is CCC(CC)C(=O)/C=C(\O)C(CC)CC.Cc1[c-]c(-c2nnc(C)c3c2sc2nc(CC(C)(C)C)sc23)cc(C)c1.[Ir]. The molecule has 1 N–H and O–H groups in total. The Bertz CT molecular complexity index is 1500. The molecule has 0 aliphatic rings. The summed E-state index contributed by atoms with van der Waals surface area (Å²) in [5.74, 6) is 0.547. The normalized spacial score (nSPS) is 12.1. The van der Waals surface area contributed by atoms with E-state index in [4.69, 9.17) is 4.98 Å². The molecule has 3 heterocycles. The van der Waals surface area contributed by atoms with Crippen molar-refractivity contribution < 1.29 is 30.0 Å². The first kappa shape index (κ1) is 36.2. The second-order valence-electron chi connectivity index (χ2n) is 12.2. The molecular weight excluding hydrogens is 739 g/mol. The first-order valence-corrected chi connectivity index (χ1v) is 16.4. The van der Waals surface area contributed by atoms with Crippen LogP contribution in [0.1, 0.15) is 96.0 Å². The summed E-state index contributed by atoms with van der Waals surface area (Å²) in [4.78, 5) is 17.7. The molecule has 8 heteroatoms. The maximum Gasteiger partial charge on any atom is 0.162 e. The third-order valence-electron chi connectivity index (χ3n) is 7.34. The van der Waals surface area contributed by atoms with Gasteiger partial charge >= 0.3 is 0 Å². The van der Waals surface area contributed by atoms with Crippen LogP contribution >= 0.6 is 22.7 Å². The van der Waals surface area contributed by atoms with Gasteiger partial charge in [0.25, 0.3) is 0 Å². The molecule has 0 amide bonds.